The molecule has 7 nitrogen and oxygen atoms in total. The number of benzene rings is 1. The minimum atomic E-state index is -0.854. The second-order valence-corrected chi connectivity index (χ2v) is 6.83. The number of rotatable bonds is 5. The fourth-order valence-corrected chi connectivity index (χ4v) is 3.61. The molecule has 4 rings (SSSR count). The van der Waals surface area contributed by atoms with Crippen LogP contribution in [-0.4, -0.2) is 30.6 Å². The topological polar surface area (TPSA) is 92.9 Å². The van der Waals surface area contributed by atoms with E-state index < -0.39 is 5.97 Å². The van der Waals surface area contributed by atoms with Crippen molar-refractivity contribution >= 4 is 40.2 Å². The molecule has 1 aliphatic rings. The Morgan fingerprint density at radius 2 is 1.96 bits per heavy atom. The number of halogens is 1. The maximum absolute atomic E-state index is 10.8. The van der Waals surface area contributed by atoms with Gasteiger partial charge in [-0.3, -0.25) is 4.79 Å². The summed E-state index contributed by atoms with van der Waals surface area (Å²) in [7, 11) is 0. The van der Waals surface area contributed by atoms with Crippen LogP contribution in [0.4, 0.5) is 11.5 Å². The number of anilines is 2. The van der Waals surface area contributed by atoms with E-state index in [0.29, 0.717) is 17.4 Å². The van der Waals surface area contributed by atoms with Gasteiger partial charge in [-0.25, -0.2) is 4.98 Å². The van der Waals surface area contributed by atoms with Gasteiger partial charge in [0, 0.05) is 11.7 Å². The number of nitrogens with one attached hydrogen (secondary N) is 1. The quantitative estimate of drug-likeness (QED) is 0.659. The van der Waals surface area contributed by atoms with Crippen molar-refractivity contribution in [3.05, 3.63) is 41.4 Å². The normalized spacial score (nSPS) is 14.8. The van der Waals surface area contributed by atoms with Crippen LogP contribution in [0.25, 0.3) is 11.2 Å². The molecule has 1 aliphatic carbocycles. The maximum Gasteiger partial charge on any atom is 0.307 e. The molecule has 26 heavy (non-hydrogen) atoms. The van der Waals surface area contributed by atoms with Crippen LogP contribution >= 0.6 is 11.6 Å². The number of fused-ring (bicyclic) bond motifs is 1. The van der Waals surface area contributed by atoms with Crippen LogP contribution in [0.1, 0.15) is 37.3 Å². The molecule has 0 aliphatic heterocycles. The molecule has 0 atom stereocenters. The zero-order valence-electron chi connectivity index (χ0n) is 14.0. The molecule has 0 amide bonds. The van der Waals surface area contributed by atoms with E-state index in [9.17, 15) is 4.79 Å². The summed E-state index contributed by atoms with van der Waals surface area (Å²) in [5.74, 6) is -0.310. The summed E-state index contributed by atoms with van der Waals surface area (Å²) in [4.78, 5) is 23.9. The highest BCUT2D eigenvalue weighted by molar-refractivity contribution is 6.28. The van der Waals surface area contributed by atoms with Gasteiger partial charge in [-0.15, -0.1) is 0 Å². The van der Waals surface area contributed by atoms with Gasteiger partial charge in [0.05, 0.1) is 12.7 Å². The predicted octanol–water partition coefficient (Wildman–Crippen LogP) is 3.97. The first-order valence-electron chi connectivity index (χ1n) is 8.58. The van der Waals surface area contributed by atoms with E-state index >= 15 is 0 Å². The number of hydrogen-bond acceptors (Lipinski definition) is 5. The summed E-state index contributed by atoms with van der Waals surface area (Å²) in [5, 5.41) is 12.2. The van der Waals surface area contributed by atoms with Crippen molar-refractivity contribution < 1.29 is 9.90 Å². The van der Waals surface area contributed by atoms with Crippen LogP contribution in [-0.2, 0) is 11.2 Å². The number of nitrogens with zero attached hydrogens (tertiary/aromatic N) is 4. The Hall–Kier alpha value is -2.67. The Labute approximate surface area is 155 Å². The maximum atomic E-state index is 10.8. The molecule has 1 aromatic carbocycles. The number of aliphatic carboxylic acids is 1. The van der Waals surface area contributed by atoms with Crippen LogP contribution in [0.3, 0.4) is 0 Å². The van der Waals surface area contributed by atoms with Gasteiger partial charge in [-0.2, -0.15) is 9.97 Å². The monoisotopic (exact) mass is 371 g/mol. The number of hydrogen-bond donors (Lipinski definition) is 2. The first-order valence-corrected chi connectivity index (χ1v) is 8.96. The first-order chi connectivity index (χ1) is 12.6. The van der Waals surface area contributed by atoms with Crippen molar-refractivity contribution in [2.75, 3.05) is 5.32 Å². The van der Waals surface area contributed by atoms with E-state index in [1.807, 2.05) is 18.5 Å². The van der Waals surface area contributed by atoms with E-state index in [2.05, 4.69) is 24.8 Å². The number of carbonyl (C=O) groups is 1. The molecule has 1 saturated carbocycles. The SMILES string of the molecule is O=C(O)Cc1ccc(Nc2nc(Cl)nc3c2ncn3C2CCCC2)cc1. The summed E-state index contributed by atoms with van der Waals surface area (Å²) < 4.78 is 2.09. The molecule has 0 unspecified atom stereocenters. The molecule has 134 valence electrons. The van der Waals surface area contributed by atoms with E-state index in [4.69, 9.17) is 16.7 Å². The number of imidazole rings is 1. The van der Waals surface area contributed by atoms with Crippen molar-refractivity contribution in [1.29, 1.82) is 0 Å². The summed E-state index contributed by atoms with van der Waals surface area (Å²) >= 11 is 6.14. The third-order valence-electron chi connectivity index (χ3n) is 4.68. The standard InChI is InChI=1S/C18H18ClN5O2/c19-18-22-16(21-12-7-5-11(6-8-12)9-14(25)26)15-17(23-18)24(10-20-15)13-3-1-2-4-13/h5-8,10,13H,1-4,9H2,(H,25,26)(H,21,22,23). The zero-order valence-corrected chi connectivity index (χ0v) is 14.8. The highest BCUT2D eigenvalue weighted by Crippen LogP contribution is 2.33. The van der Waals surface area contributed by atoms with Crippen molar-refractivity contribution in [2.45, 2.75) is 38.1 Å². The summed E-state index contributed by atoms with van der Waals surface area (Å²) in [5.41, 5.74) is 2.93. The molecule has 2 heterocycles. The highest BCUT2D eigenvalue weighted by Gasteiger charge is 2.21. The number of aromatic nitrogens is 4. The smallest absolute Gasteiger partial charge is 0.307 e. The molecular formula is C18H18ClN5O2. The second kappa shape index (κ2) is 6.92. The summed E-state index contributed by atoms with van der Waals surface area (Å²) in [6.07, 6.45) is 6.50. The van der Waals surface area contributed by atoms with Gasteiger partial charge in [-0.05, 0) is 42.1 Å². The Kier molecular flexibility index (Phi) is 4.46. The van der Waals surface area contributed by atoms with Gasteiger partial charge in [0.25, 0.3) is 0 Å². The van der Waals surface area contributed by atoms with Crippen molar-refractivity contribution in [3.8, 4) is 0 Å². The molecule has 3 aromatic rings. The van der Waals surface area contributed by atoms with Gasteiger partial charge < -0.3 is 15.0 Å². The average Bonchev–Trinajstić information content (AvgIpc) is 3.25. The molecular weight excluding hydrogens is 354 g/mol. The average molecular weight is 372 g/mol. The van der Waals surface area contributed by atoms with Gasteiger partial charge >= 0.3 is 5.97 Å². The fraction of sp³-hybridized carbons (Fsp3) is 0.333. The van der Waals surface area contributed by atoms with Crippen LogP contribution in [0, 0.1) is 0 Å². The van der Waals surface area contributed by atoms with Gasteiger partial charge in [0.1, 0.15) is 0 Å². The van der Waals surface area contributed by atoms with E-state index in [-0.39, 0.29) is 11.7 Å². The van der Waals surface area contributed by atoms with Crippen LogP contribution in [0.2, 0.25) is 5.28 Å². The Morgan fingerprint density at radius 1 is 1.23 bits per heavy atom. The third-order valence-corrected chi connectivity index (χ3v) is 4.85. The Morgan fingerprint density at radius 3 is 2.65 bits per heavy atom. The lowest BCUT2D eigenvalue weighted by Crippen LogP contribution is -2.05. The van der Waals surface area contributed by atoms with Gasteiger partial charge in [0.2, 0.25) is 5.28 Å². The zero-order chi connectivity index (χ0) is 18.1. The molecule has 2 N–H and O–H groups in total. The molecule has 2 aromatic heterocycles. The lowest BCUT2D eigenvalue weighted by molar-refractivity contribution is -0.136. The highest BCUT2D eigenvalue weighted by atomic mass is 35.5. The second-order valence-electron chi connectivity index (χ2n) is 6.50. The van der Waals surface area contributed by atoms with Crippen molar-refractivity contribution in [3.63, 3.8) is 0 Å². The largest absolute Gasteiger partial charge is 0.481 e. The van der Waals surface area contributed by atoms with Crippen LogP contribution in [0.5, 0.6) is 0 Å². The molecule has 1 fully saturated rings. The Balaban J connectivity index is 1.65. The summed E-state index contributed by atoms with van der Waals surface area (Å²) in [6.45, 7) is 0. The first kappa shape index (κ1) is 16.8. The minimum absolute atomic E-state index is 0.00431. The van der Waals surface area contributed by atoms with Gasteiger partial charge in [0.15, 0.2) is 17.0 Å². The fourth-order valence-electron chi connectivity index (χ4n) is 3.44. The summed E-state index contributed by atoms with van der Waals surface area (Å²) in [6, 6.07) is 7.58. The molecule has 0 saturated heterocycles. The van der Waals surface area contributed by atoms with Crippen LogP contribution < -0.4 is 5.32 Å². The lowest BCUT2D eigenvalue weighted by Gasteiger charge is -2.12. The molecule has 8 heteroatoms. The molecule has 0 bridgehead atoms. The molecule has 0 radical (unpaired) electrons. The number of carboxylic acids is 1. The Bertz CT molecular complexity index is 948. The number of carboxylic acid groups (broad SMARTS) is 1. The van der Waals surface area contributed by atoms with Gasteiger partial charge in [-0.1, -0.05) is 25.0 Å². The van der Waals surface area contributed by atoms with Crippen LogP contribution in [0.15, 0.2) is 30.6 Å². The van der Waals surface area contributed by atoms with E-state index in [1.54, 1.807) is 12.1 Å². The minimum Gasteiger partial charge on any atom is -0.481 e. The predicted molar refractivity (Wildman–Crippen MR) is 98.9 cm³/mol. The van der Waals surface area contributed by atoms with Crippen molar-refractivity contribution in [1.82, 2.24) is 19.5 Å². The van der Waals surface area contributed by atoms with E-state index in [1.165, 1.54) is 12.8 Å². The lowest BCUT2D eigenvalue weighted by atomic mass is 10.1. The third kappa shape index (κ3) is 3.35. The van der Waals surface area contributed by atoms with Crippen molar-refractivity contribution in [2.24, 2.45) is 0 Å². The molecule has 0 spiro atoms. The van der Waals surface area contributed by atoms with E-state index in [0.717, 1.165) is 29.7 Å².